The molecule has 6 heteroatoms. The summed E-state index contributed by atoms with van der Waals surface area (Å²) in [5.74, 6) is 0. The van der Waals surface area contributed by atoms with Crippen molar-refractivity contribution < 1.29 is 19.0 Å². The number of ether oxygens (including phenoxy) is 3. The summed E-state index contributed by atoms with van der Waals surface area (Å²) >= 11 is 0. The number of rotatable bonds is 8. The van der Waals surface area contributed by atoms with Crippen LogP contribution in [0.5, 0.6) is 0 Å². The number of urea groups is 1. The molecule has 3 rings (SSSR count). The van der Waals surface area contributed by atoms with Crippen LogP contribution in [0.1, 0.15) is 44.1 Å². The van der Waals surface area contributed by atoms with Gasteiger partial charge in [-0.3, -0.25) is 0 Å². The third kappa shape index (κ3) is 6.59. The second-order valence-electron chi connectivity index (χ2n) is 7.01. The van der Waals surface area contributed by atoms with Gasteiger partial charge in [0.15, 0.2) is 0 Å². The molecular formula is C20H30N2O4. The Morgan fingerprint density at radius 3 is 2.77 bits per heavy atom. The van der Waals surface area contributed by atoms with E-state index in [9.17, 15) is 4.79 Å². The number of anilines is 1. The first-order valence-electron chi connectivity index (χ1n) is 9.74. The minimum Gasteiger partial charge on any atom is -0.378 e. The number of carbonyl (C=O) groups excluding carboxylic acids is 1. The number of hydrogen-bond donors (Lipinski definition) is 2. The quantitative estimate of drug-likeness (QED) is 0.743. The minimum atomic E-state index is -0.184. The van der Waals surface area contributed by atoms with Crippen LogP contribution >= 0.6 is 0 Å². The van der Waals surface area contributed by atoms with E-state index in [1.165, 1.54) is 6.42 Å². The molecule has 2 saturated heterocycles. The first-order valence-corrected chi connectivity index (χ1v) is 9.74. The van der Waals surface area contributed by atoms with E-state index < -0.39 is 0 Å². The summed E-state index contributed by atoms with van der Waals surface area (Å²) in [6, 6.07) is 7.58. The van der Waals surface area contributed by atoms with Gasteiger partial charge in [-0.2, -0.15) is 0 Å². The molecule has 1 aromatic rings. The molecule has 2 aliphatic rings. The monoisotopic (exact) mass is 362 g/mol. The van der Waals surface area contributed by atoms with E-state index in [0.29, 0.717) is 25.9 Å². The van der Waals surface area contributed by atoms with Crippen LogP contribution in [-0.2, 0) is 20.8 Å². The van der Waals surface area contributed by atoms with Gasteiger partial charge in [0, 0.05) is 25.4 Å². The average Bonchev–Trinajstić information content (AvgIpc) is 3.16. The van der Waals surface area contributed by atoms with Gasteiger partial charge in [-0.15, -0.1) is 0 Å². The van der Waals surface area contributed by atoms with Crippen molar-refractivity contribution in [1.29, 1.82) is 0 Å². The molecule has 2 heterocycles. The van der Waals surface area contributed by atoms with E-state index in [1.807, 2.05) is 24.3 Å². The normalized spacial score (nSPS) is 22.9. The average molecular weight is 362 g/mol. The number of amides is 2. The Hall–Kier alpha value is -1.63. The first-order chi connectivity index (χ1) is 12.8. The molecule has 0 saturated carbocycles. The van der Waals surface area contributed by atoms with E-state index in [1.54, 1.807) is 0 Å². The summed E-state index contributed by atoms with van der Waals surface area (Å²) in [5, 5.41) is 5.76. The molecular weight excluding hydrogens is 332 g/mol. The molecule has 0 radical (unpaired) electrons. The second-order valence-corrected chi connectivity index (χ2v) is 7.01. The van der Waals surface area contributed by atoms with Crippen molar-refractivity contribution in [2.45, 2.75) is 57.3 Å². The van der Waals surface area contributed by atoms with E-state index in [4.69, 9.17) is 14.2 Å². The topological polar surface area (TPSA) is 68.8 Å². The molecule has 2 amide bonds. The van der Waals surface area contributed by atoms with Crippen LogP contribution in [0.2, 0.25) is 0 Å². The van der Waals surface area contributed by atoms with Crippen molar-refractivity contribution in [2.24, 2.45) is 0 Å². The third-order valence-corrected chi connectivity index (χ3v) is 4.81. The molecule has 0 unspecified atom stereocenters. The van der Waals surface area contributed by atoms with Crippen molar-refractivity contribution in [2.75, 3.05) is 31.7 Å². The predicted octanol–water partition coefficient (Wildman–Crippen LogP) is 3.46. The zero-order chi connectivity index (χ0) is 18.0. The van der Waals surface area contributed by atoms with E-state index in [2.05, 4.69) is 10.6 Å². The van der Waals surface area contributed by atoms with Crippen molar-refractivity contribution in [3.05, 3.63) is 29.8 Å². The van der Waals surface area contributed by atoms with Crippen LogP contribution in [0, 0.1) is 0 Å². The second kappa shape index (κ2) is 10.5. The Kier molecular flexibility index (Phi) is 7.73. The molecule has 2 atom stereocenters. The first kappa shape index (κ1) is 19.1. The maximum absolute atomic E-state index is 12.0. The summed E-state index contributed by atoms with van der Waals surface area (Å²) in [5.41, 5.74) is 1.81. The van der Waals surface area contributed by atoms with Crippen molar-refractivity contribution in [3.8, 4) is 0 Å². The van der Waals surface area contributed by atoms with Crippen LogP contribution in [0.25, 0.3) is 0 Å². The van der Waals surface area contributed by atoms with Gasteiger partial charge in [-0.25, -0.2) is 4.79 Å². The van der Waals surface area contributed by atoms with Crippen molar-refractivity contribution >= 4 is 11.7 Å². The Balaban J connectivity index is 1.35. The maximum atomic E-state index is 12.0. The summed E-state index contributed by atoms with van der Waals surface area (Å²) < 4.78 is 17.0. The molecule has 144 valence electrons. The largest absolute Gasteiger partial charge is 0.378 e. The van der Waals surface area contributed by atoms with Crippen LogP contribution < -0.4 is 10.6 Å². The van der Waals surface area contributed by atoms with Crippen molar-refractivity contribution in [1.82, 2.24) is 5.32 Å². The molecule has 26 heavy (non-hydrogen) atoms. The highest BCUT2D eigenvalue weighted by Gasteiger charge is 2.15. The van der Waals surface area contributed by atoms with Crippen LogP contribution in [-0.4, -0.2) is 44.6 Å². The lowest BCUT2D eigenvalue weighted by Gasteiger charge is -2.22. The summed E-state index contributed by atoms with van der Waals surface area (Å²) in [6.07, 6.45) is 7.05. The zero-order valence-electron chi connectivity index (χ0n) is 15.4. The smallest absolute Gasteiger partial charge is 0.319 e. The molecule has 0 bridgehead atoms. The van der Waals surface area contributed by atoms with E-state index in [-0.39, 0.29) is 12.1 Å². The molecule has 2 N–H and O–H groups in total. The fourth-order valence-corrected chi connectivity index (χ4v) is 3.38. The predicted molar refractivity (Wildman–Crippen MR) is 100 cm³/mol. The molecule has 2 fully saturated rings. The Morgan fingerprint density at radius 1 is 1.12 bits per heavy atom. The van der Waals surface area contributed by atoms with Gasteiger partial charge in [0.05, 0.1) is 25.4 Å². The van der Waals surface area contributed by atoms with Gasteiger partial charge in [-0.05, 0) is 56.2 Å². The SMILES string of the molecule is O=C(NCC[C@@H]1CCCO1)Nc1cccc(COC[C@H]2CCCCO2)c1. The van der Waals surface area contributed by atoms with Crippen molar-refractivity contribution in [3.63, 3.8) is 0 Å². The molecule has 0 aliphatic carbocycles. The van der Waals surface area contributed by atoms with Gasteiger partial charge in [-0.1, -0.05) is 12.1 Å². The summed E-state index contributed by atoms with van der Waals surface area (Å²) in [6.45, 7) is 3.46. The van der Waals surface area contributed by atoms with Gasteiger partial charge in [0.2, 0.25) is 0 Å². The minimum absolute atomic E-state index is 0.184. The molecule has 6 nitrogen and oxygen atoms in total. The number of carbonyl (C=O) groups is 1. The van der Waals surface area contributed by atoms with Gasteiger partial charge in [0.25, 0.3) is 0 Å². The number of benzene rings is 1. The van der Waals surface area contributed by atoms with Gasteiger partial charge >= 0.3 is 6.03 Å². The molecule has 0 aromatic heterocycles. The van der Waals surface area contributed by atoms with Crippen LogP contribution in [0.4, 0.5) is 10.5 Å². The lowest BCUT2D eigenvalue weighted by atomic mass is 10.1. The van der Waals surface area contributed by atoms with E-state index >= 15 is 0 Å². The number of hydrogen-bond acceptors (Lipinski definition) is 4. The fourth-order valence-electron chi connectivity index (χ4n) is 3.38. The summed E-state index contributed by atoms with van der Waals surface area (Å²) in [4.78, 5) is 12.0. The Morgan fingerprint density at radius 2 is 1.96 bits per heavy atom. The molecule has 1 aromatic carbocycles. The Labute approximate surface area is 155 Å². The highest BCUT2D eigenvalue weighted by molar-refractivity contribution is 5.89. The molecule has 2 aliphatic heterocycles. The van der Waals surface area contributed by atoms with E-state index in [0.717, 1.165) is 56.6 Å². The highest BCUT2D eigenvalue weighted by atomic mass is 16.5. The van der Waals surface area contributed by atoms with Crippen LogP contribution in [0.15, 0.2) is 24.3 Å². The number of nitrogens with one attached hydrogen (secondary N) is 2. The Bertz CT molecular complexity index is 554. The van der Waals surface area contributed by atoms with Crippen LogP contribution in [0.3, 0.4) is 0 Å². The lowest BCUT2D eigenvalue weighted by molar-refractivity contribution is -0.0447. The fraction of sp³-hybridized carbons (Fsp3) is 0.650. The maximum Gasteiger partial charge on any atom is 0.319 e. The molecule has 0 spiro atoms. The van der Waals surface area contributed by atoms with Gasteiger partial charge < -0.3 is 24.8 Å². The third-order valence-electron chi connectivity index (χ3n) is 4.81. The summed E-state index contributed by atoms with van der Waals surface area (Å²) in [7, 11) is 0. The highest BCUT2D eigenvalue weighted by Crippen LogP contribution is 2.16. The van der Waals surface area contributed by atoms with Gasteiger partial charge in [0.1, 0.15) is 0 Å². The zero-order valence-corrected chi connectivity index (χ0v) is 15.4. The standard InChI is InChI=1S/C20H30N2O4/c23-20(21-10-9-18-8-4-12-25-18)22-17-6-3-5-16(13-17)14-24-15-19-7-1-2-11-26-19/h3,5-6,13,18-19H,1-2,4,7-12,14-15H2,(H2,21,22,23)/t18-,19+/m0/s1. The lowest BCUT2D eigenvalue weighted by Crippen LogP contribution is -2.31.